The quantitative estimate of drug-likeness (QED) is 0.250. The molecular weight excluding hydrogens is 406 g/mol. The van der Waals surface area contributed by atoms with Crippen molar-refractivity contribution in [2.45, 2.75) is 91.0 Å². The molecule has 3 aromatic rings. The number of fused-ring (bicyclic) bond motifs is 1. The maximum absolute atomic E-state index is 12.4. The summed E-state index contributed by atoms with van der Waals surface area (Å²) in [5, 5.41) is 3.05. The van der Waals surface area contributed by atoms with Crippen molar-refractivity contribution in [2.24, 2.45) is 0 Å². The molecule has 178 valence electrons. The van der Waals surface area contributed by atoms with Crippen LogP contribution in [0.1, 0.15) is 92.9 Å². The van der Waals surface area contributed by atoms with Gasteiger partial charge in [0.15, 0.2) is 0 Å². The van der Waals surface area contributed by atoms with Gasteiger partial charge in [0.2, 0.25) is 0 Å². The minimum atomic E-state index is -0.0210. The summed E-state index contributed by atoms with van der Waals surface area (Å²) in [6.45, 7) is 5.89. The Hall–Kier alpha value is -2.62. The van der Waals surface area contributed by atoms with E-state index in [2.05, 4.69) is 35.0 Å². The molecule has 0 spiro atoms. The molecule has 0 radical (unpaired) electrons. The van der Waals surface area contributed by atoms with E-state index in [1.807, 2.05) is 37.3 Å². The largest absolute Gasteiger partial charge is 0.352 e. The number of imidazole rings is 1. The number of hydrogen-bond donors (Lipinski definition) is 1. The van der Waals surface area contributed by atoms with Gasteiger partial charge in [-0.1, -0.05) is 94.5 Å². The third kappa shape index (κ3) is 8.03. The van der Waals surface area contributed by atoms with E-state index in [1.54, 1.807) is 0 Å². The maximum Gasteiger partial charge on any atom is 0.251 e. The monoisotopic (exact) mass is 447 g/mol. The molecule has 0 unspecified atom stereocenters. The number of para-hydroxylation sites is 2. The number of unbranched alkanes of at least 4 members (excludes halogenated alkanes) is 9. The van der Waals surface area contributed by atoms with Crippen LogP contribution in [-0.4, -0.2) is 22.0 Å². The highest BCUT2D eigenvalue weighted by molar-refractivity contribution is 5.94. The second-order valence-corrected chi connectivity index (χ2v) is 9.22. The lowest BCUT2D eigenvalue weighted by molar-refractivity contribution is 0.0954. The third-order valence-electron chi connectivity index (χ3n) is 6.42. The molecule has 1 heterocycles. The Morgan fingerprint density at radius 2 is 1.48 bits per heavy atom. The number of benzene rings is 2. The van der Waals surface area contributed by atoms with Crippen molar-refractivity contribution in [3.8, 4) is 0 Å². The van der Waals surface area contributed by atoms with Gasteiger partial charge < -0.3 is 9.88 Å². The van der Waals surface area contributed by atoms with Crippen molar-refractivity contribution in [3.05, 3.63) is 65.5 Å². The number of nitrogens with one attached hydrogen (secondary N) is 1. The average Bonchev–Trinajstić information content (AvgIpc) is 3.18. The number of carbonyl (C=O) groups is 1. The van der Waals surface area contributed by atoms with Crippen LogP contribution >= 0.6 is 0 Å². The van der Waals surface area contributed by atoms with E-state index in [9.17, 15) is 4.79 Å². The van der Waals surface area contributed by atoms with Crippen LogP contribution in [0.2, 0.25) is 0 Å². The van der Waals surface area contributed by atoms with Crippen molar-refractivity contribution >= 4 is 16.9 Å². The summed E-state index contributed by atoms with van der Waals surface area (Å²) in [4.78, 5) is 17.3. The number of hydrogen-bond acceptors (Lipinski definition) is 2. The van der Waals surface area contributed by atoms with Gasteiger partial charge >= 0.3 is 0 Å². The number of aromatic nitrogens is 2. The number of rotatable bonds is 15. The van der Waals surface area contributed by atoms with Crippen LogP contribution < -0.4 is 5.32 Å². The molecule has 0 aliphatic carbocycles. The van der Waals surface area contributed by atoms with E-state index in [1.165, 1.54) is 69.7 Å². The highest BCUT2D eigenvalue weighted by Gasteiger charge is 2.11. The zero-order valence-electron chi connectivity index (χ0n) is 20.6. The summed E-state index contributed by atoms with van der Waals surface area (Å²) in [6.07, 6.45) is 14.2. The second-order valence-electron chi connectivity index (χ2n) is 9.22. The summed E-state index contributed by atoms with van der Waals surface area (Å²) in [5.41, 5.74) is 4.12. The molecular formula is C29H41N3O. The van der Waals surface area contributed by atoms with Gasteiger partial charge in [-0.15, -0.1) is 0 Å². The maximum atomic E-state index is 12.4. The zero-order chi connectivity index (χ0) is 23.3. The molecule has 1 N–H and O–H groups in total. The van der Waals surface area contributed by atoms with Gasteiger partial charge in [0.25, 0.3) is 5.91 Å². The first-order valence-electron chi connectivity index (χ1n) is 13.0. The molecule has 1 amide bonds. The van der Waals surface area contributed by atoms with Crippen molar-refractivity contribution in [3.63, 3.8) is 0 Å². The summed E-state index contributed by atoms with van der Waals surface area (Å²) in [6, 6.07) is 16.1. The summed E-state index contributed by atoms with van der Waals surface area (Å²) >= 11 is 0. The van der Waals surface area contributed by atoms with Crippen molar-refractivity contribution in [1.29, 1.82) is 0 Å². The van der Waals surface area contributed by atoms with Gasteiger partial charge in [0.1, 0.15) is 5.82 Å². The Balaban J connectivity index is 1.46. The SMILES string of the molecule is CCCCCCCCCCCCn1c(CCNC(=O)c2ccc(C)cc2)nc2ccccc21. The van der Waals surface area contributed by atoms with Gasteiger partial charge in [-0.2, -0.15) is 0 Å². The smallest absolute Gasteiger partial charge is 0.251 e. The molecule has 4 heteroatoms. The molecule has 3 rings (SSSR count). The summed E-state index contributed by atoms with van der Waals surface area (Å²) in [7, 11) is 0. The van der Waals surface area contributed by atoms with E-state index in [4.69, 9.17) is 4.98 Å². The van der Waals surface area contributed by atoms with E-state index in [-0.39, 0.29) is 5.91 Å². The normalized spacial score (nSPS) is 11.2. The summed E-state index contributed by atoms with van der Waals surface area (Å²) in [5.74, 6) is 1.05. The molecule has 4 nitrogen and oxygen atoms in total. The van der Waals surface area contributed by atoms with E-state index >= 15 is 0 Å². The molecule has 33 heavy (non-hydrogen) atoms. The predicted molar refractivity (Wildman–Crippen MR) is 139 cm³/mol. The Morgan fingerprint density at radius 3 is 2.18 bits per heavy atom. The van der Waals surface area contributed by atoms with Crippen LogP contribution in [-0.2, 0) is 13.0 Å². The summed E-state index contributed by atoms with van der Waals surface area (Å²) < 4.78 is 2.36. The minimum Gasteiger partial charge on any atom is -0.352 e. The van der Waals surface area contributed by atoms with Crippen LogP contribution in [0.3, 0.4) is 0 Å². The standard InChI is InChI=1S/C29H41N3O/c1-3-4-5-6-7-8-9-10-11-14-23-32-27-16-13-12-15-26(27)31-28(32)21-22-30-29(33)25-19-17-24(2)18-20-25/h12-13,15-20H,3-11,14,21-23H2,1-2H3,(H,30,33). The molecule has 2 aromatic carbocycles. The lowest BCUT2D eigenvalue weighted by Gasteiger charge is -2.10. The molecule has 0 bridgehead atoms. The van der Waals surface area contributed by atoms with Crippen molar-refractivity contribution in [2.75, 3.05) is 6.54 Å². The first kappa shape index (κ1) is 25.0. The molecule has 0 fully saturated rings. The molecule has 0 saturated heterocycles. The Kier molecular flexibility index (Phi) is 10.5. The first-order valence-corrected chi connectivity index (χ1v) is 13.0. The zero-order valence-corrected chi connectivity index (χ0v) is 20.6. The van der Waals surface area contributed by atoms with Crippen LogP contribution in [0.4, 0.5) is 0 Å². The molecule has 0 atom stereocenters. The Labute approximate surface area is 199 Å². The van der Waals surface area contributed by atoms with Crippen LogP contribution in [0.25, 0.3) is 11.0 Å². The highest BCUT2D eigenvalue weighted by atomic mass is 16.1. The van der Waals surface area contributed by atoms with Gasteiger partial charge in [-0.25, -0.2) is 4.98 Å². The fourth-order valence-corrected chi connectivity index (χ4v) is 4.42. The third-order valence-corrected chi connectivity index (χ3v) is 6.42. The minimum absolute atomic E-state index is 0.0210. The average molecular weight is 448 g/mol. The number of amides is 1. The molecule has 0 saturated carbocycles. The van der Waals surface area contributed by atoms with Crippen molar-refractivity contribution < 1.29 is 4.79 Å². The molecule has 0 aliphatic rings. The number of nitrogens with zero attached hydrogens (tertiary/aromatic N) is 2. The van der Waals surface area contributed by atoms with Gasteiger partial charge in [0.05, 0.1) is 11.0 Å². The Morgan fingerprint density at radius 1 is 0.848 bits per heavy atom. The fourth-order valence-electron chi connectivity index (χ4n) is 4.42. The van der Waals surface area contributed by atoms with Gasteiger partial charge in [-0.05, 0) is 37.6 Å². The molecule has 1 aromatic heterocycles. The van der Waals surface area contributed by atoms with Crippen LogP contribution in [0.5, 0.6) is 0 Å². The number of aryl methyl sites for hydroxylation is 2. The lowest BCUT2D eigenvalue weighted by Crippen LogP contribution is -2.26. The van der Waals surface area contributed by atoms with Crippen molar-refractivity contribution in [1.82, 2.24) is 14.9 Å². The van der Waals surface area contributed by atoms with E-state index < -0.39 is 0 Å². The fraction of sp³-hybridized carbons (Fsp3) is 0.517. The lowest BCUT2D eigenvalue weighted by atomic mass is 10.1. The van der Waals surface area contributed by atoms with E-state index in [0.29, 0.717) is 12.1 Å². The highest BCUT2D eigenvalue weighted by Crippen LogP contribution is 2.18. The van der Waals surface area contributed by atoms with Crippen LogP contribution in [0, 0.1) is 6.92 Å². The number of carbonyl (C=O) groups excluding carboxylic acids is 1. The molecule has 0 aliphatic heterocycles. The predicted octanol–water partition coefficient (Wildman–Crippen LogP) is 7.24. The van der Waals surface area contributed by atoms with Gasteiger partial charge in [0, 0.05) is 25.1 Å². The van der Waals surface area contributed by atoms with Gasteiger partial charge in [-0.3, -0.25) is 4.79 Å². The topological polar surface area (TPSA) is 46.9 Å². The first-order chi connectivity index (χ1) is 16.2. The Bertz CT molecular complexity index is 974. The van der Waals surface area contributed by atoms with Crippen LogP contribution in [0.15, 0.2) is 48.5 Å². The van der Waals surface area contributed by atoms with E-state index in [0.717, 1.165) is 29.9 Å². The second kappa shape index (κ2) is 13.8.